The molecule has 0 bridgehead atoms. The molecule has 3 N–H and O–H groups in total. The van der Waals surface area contributed by atoms with E-state index < -0.39 is 12.0 Å². The number of primary amides is 1. The van der Waals surface area contributed by atoms with E-state index in [1.54, 1.807) is 26.0 Å². The fourth-order valence-electron chi connectivity index (χ4n) is 1.92. The number of hydrogen-bond acceptors (Lipinski definition) is 5. The van der Waals surface area contributed by atoms with Crippen LogP contribution in [0.2, 0.25) is 0 Å². The van der Waals surface area contributed by atoms with Gasteiger partial charge in [-0.05, 0) is 32.0 Å². The van der Waals surface area contributed by atoms with E-state index in [2.05, 4.69) is 10.3 Å². The second kappa shape index (κ2) is 7.28. The van der Waals surface area contributed by atoms with Gasteiger partial charge in [0, 0.05) is 17.5 Å². The van der Waals surface area contributed by atoms with Gasteiger partial charge in [-0.25, -0.2) is 14.2 Å². The molecular weight excluding hydrogens is 321 g/mol. The lowest BCUT2D eigenvalue weighted by Gasteiger charge is -2.12. The molecule has 0 saturated carbocycles. The van der Waals surface area contributed by atoms with Crippen LogP contribution in [0.15, 0.2) is 23.2 Å². The van der Waals surface area contributed by atoms with E-state index in [1.807, 2.05) is 0 Å². The molecule has 0 atom stereocenters. The van der Waals surface area contributed by atoms with E-state index in [1.165, 1.54) is 6.07 Å². The first-order chi connectivity index (χ1) is 10.9. The maximum atomic E-state index is 13.7. The van der Waals surface area contributed by atoms with Crippen molar-refractivity contribution in [1.82, 2.24) is 10.3 Å². The predicted molar refractivity (Wildman–Crippen MR) is 86.1 cm³/mol. The highest BCUT2D eigenvalue weighted by Gasteiger charge is 2.15. The number of pyridine rings is 1. The minimum Gasteiger partial charge on any atom is -0.407 e. The molecule has 0 radical (unpaired) electrons. The first kappa shape index (κ1) is 17.0. The maximum absolute atomic E-state index is 13.7. The van der Waals surface area contributed by atoms with Crippen LogP contribution in [0.3, 0.4) is 0 Å². The van der Waals surface area contributed by atoms with Gasteiger partial charge in [-0.2, -0.15) is 0 Å². The molecule has 0 unspecified atom stereocenters. The van der Waals surface area contributed by atoms with E-state index in [4.69, 9.17) is 10.5 Å². The van der Waals surface area contributed by atoms with Gasteiger partial charge in [0.1, 0.15) is 10.8 Å². The smallest absolute Gasteiger partial charge is 0.407 e. The Bertz CT molecular complexity index is 767. The third kappa shape index (κ3) is 4.10. The molecule has 0 fully saturated rings. The van der Waals surface area contributed by atoms with Crippen molar-refractivity contribution < 1.29 is 18.7 Å². The van der Waals surface area contributed by atoms with Gasteiger partial charge in [0.15, 0.2) is 5.75 Å². The molecule has 1 aromatic heterocycles. The van der Waals surface area contributed by atoms with Crippen molar-refractivity contribution >= 4 is 34.7 Å². The van der Waals surface area contributed by atoms with Gasteiger partial charge in [-0.1, -0.05) is 11.8 Å². The van der Waals surface area contributed by atoms with Crippen LogP contribution < -0.4 is 15.8 Å². The number of carbonyl (C=O) groups excluding carboxylic acids is 2. The molecule has 1 aromatic carbocycles. The highest BCUT2D eigenvalue weighted by atomic mass is 32.2. The second-order valence-electron chi connectivity index (χ2n) is 4.71. The van der Waals surface area contributed by atoms with Crippen molar-refractivity contribution in [3.8, 4) is 5.75 Å². The number of rotatable bonds is 5. The van der Waals surface area contributed by atoms with E-state index in [9.17, 15) is 14.0 Å². The largest absolute Gasteiger partial charge is 0.412 e. The first-order valence-electron chi connectivity index (χ1n) is 6.89. The number of amides is 2. The van der Waals surface area contributed by atoms with Crippen LogP contribution in [0.4, 0.5) is 9.18 Å². The Morgan fingerprint density at radius 3 is 2.83 bits per heavy atom. The molecule has 6 nitrogen and oxygen atoms in total. The summed E-state index contributed by atoms with van der Waals surface area (Å²) in [5, 5.41) is 3.44. The Balaban J connectivity index is 2.48. The molecule has 0 aliphatic rings. The monoisotopic (exact) mass is 337 g/mol. The van der Waals surface area contributed by atoms with Gasteiger partial charge >= 0.3 is 6.09 Å². The quantitative estimate of drug-likeness (QED) is 0.817. The summed E-state index contributed by atoms with van der Waals surface area (Å²) in [6.45, 7) is 3.78. The summed E-state index contributed by atoms with van der Waals surface area (Å²) in [6.07, 6.45) is -0.631. The number of aromatic nitrogens is 1. The van der Waals surface area contributed by atoms with Crippen LogP contribution in [0, 0.1) is 12.7 Å². The number of nitrogens with one attached hydrogen (secondary N) is 1. The number of nitrogens with zero attached hydrogens (tertiary/aromatic N) is 1. The topological polar surface area (TPSA) is 94.3 Å². The molecule has 2 amide bonds. The van der Waals surface area contributed by atoms with Crippen LogP contribution in [-0.4, -0.2) is 29.3 Å². The SMILES string of the molecule is CCNC(=O)Oc1cc2ccc(F)c(C)c2nc1SCC(N)=O. The van der Waals surface area contributed by atoms with Crippen LogP contribution in [0.25, 0.3) is 10.9 Å². The summed E-state index contributed by atoms with van der Waals surface area (Å²) in [4.78, 5) is 27.0. The highest BCUT2D eigenvalue weighted by Crippen LogP contribution is 2.32. The summed E-state index contributed by atoms with van der Waals surface area (Å²) < 4.78 is 18.9. The number of carbonyl (C=O) groups is 2. The molecule has 1 heterocycles. The predicted octanol–water partition coefficient (Wildman–Crippen LogP) is 2.37. The molecule has 8 heteroatoms. The average molecular weight is 337 g/mol. The van der Waals surface area contributed by atoms with Gasteiger partial charge in [0.2, 0.25) is 5.91 Å². The third-order valence-electron chi connectivity index (χ3n) is 2.98. The summed E-state index contributed by atoms with van der Waals surface area (Å²) in [7, 11) is 0. The van der Waals surface area contributed by atoms with Crippen molar-refractivity contribution in [2.45, 2.75) is 18.9 Å². The highest BCUT2D eigenvalue weighted by molar-refractivity contribution is 8.00. The number of benzene rings is 1. The first-order valence-corrected chi connectivity index (χ1v) is 7.87. The molecule has 23 heavy (non-hydrogen) atoms. The molecule has 2 aromatic rings. The van der Waals surface area contributed by atoms with Crippen LogP contribution in [-0.2, 0) is 4.79 Å². The number of halogens is 1. The lowest BCUT2D eigenvalue weighted by atomic mass is 10.1. The minimum absolute atomic E-state index is 0.0291. The van der Waals surface area contributed by atoms with Crippen molar-refractivity contribution in [2.24, 2.45) is 5.73 Å². The summed E-state index contributed by atoms with van der Waals surface area (Å²) in [5.41, 5.74) is 5.97. The molecular formula is C15H16FN3O3S. The van der Waals surface area contributed by atoms with Gasteiger partial charge in [0.05, 0.1) is 11.3 Å². The molecule has 122 valence electrons. The van der Waals surface area contributed by atoms with Crippen LogP contribution in [0.1, 0.15) is 12.5 Å². The van der Waals surface area contributed by atoms with Gasteiger partial charge in [-0.3, -0.25) is 4.79 Å². The number of nitrogens with two attached hydrogens (primary N) is 1. The minimum atomic E-state index is -0.631. The van der Waals surface area contributed by atoms with Gasteiger partial charge in [-0.15, -0.1) is 0 Å². The standard InChI is InChI=1S/C15H16FN3O3S/c1-3-18-15(21)22-11-6-9-4-5-10(16)8(2)13(9)19-14(11)23-7-12(17)20/h4-6H,3,7H2,1-2H3,(H2,17,20)(H,18,21). The van der Waals surface area contributed by atoms with Crippen molar-refractivity contribution in [3.63, 3.8) is 0 Å². The summed E-state index contributed by atoms with van der Waals surface area (Å²) in [5.74, 6) is -0.746. The Hall–Kier alpha value is -2.35. The van der Waals surface area contributed by atoms with Crippen LogP contribution in [0.5, 0.6) is 5.75 Å². The van der Waals surface area contributed by atoms with E-state index in [-0.39, 0.29) is 17.3 Å². The number of hydrogen-bond donors (Lipinski definition) is 2. The molecule has 0 aliphatic heterocycles. The molecule has 0 aliphatic carbocycles. The lowest BCUT2D eigenvalue weighted by molar-refractivity contribution is -0.115. The summed E-state index contributed by atoms with van der Waals surface area (Å²) in [6, 6.07) is 4.47. The average Bonchev–Trinajstić information content (AvgIpc) is 2.49. The van der Waals surface area contributed by atoms with Crippen LogP contribution >= 0.6 is 11.8 Å². The zero-order valence-corrected chi connectivity index (χ0v) is 13.5. The fraction of sp³-hybridized carbons (Fsp3) is 0.267. The summed E-state index contributed by atoms with van der Waals surface area (Å²) >= 11 is 1.03. The van der Waals surface area contributed by atoms with E-state index in [0.29, 0.717) is 28.0 Å². The molecule has 0 saturated heterocycles. The van der Waals surface area contributed by atoms with Crippen molar-refractivity contribution in [3.05, 3.63) is 29.6 Å². The van der Waals surface area contributed by atoms with Crippen molar-refractivity contribution in [1.29, 1.82) is 0 Å². The number of thioether (sulfide) groups is 1. The van der Waals surface area contributed by atoms with E-state index in [0.717, 1.165) is 11.8 Å². The Morgan fingerprint density at radius 1 is 1.43 bits per heavy atom. The molecule has 2 rings (SSSR count). The third-order valence-corrected chi connectivity index (χ3v) is 3.98. The second-order valence-corrected chi connectivity index (χ2v) is 5.67. The zero-order chi connectivity index (χ0) is 17.0. The Labute approximate surface area is 136 Å². The zero-order valence-electron chi connectivity index (χ0n) is 12.7. The lowest BCUT2D eigenvalue weighted by Crippen LogP contribution is -2.26. The number of aryl methyl sites for hydroxylation is 1. The number of fused-ring (bicyclic) bond motifs is 1. The Kier molecular flexibility index (Phi) is 5.38. The van der Waals surface area contributed by atoms with Gasteiger partial charge < -0.3 is 15.8 Å². The molecule has 0 spiro atoms. The fourth-order valence-corrected chi connectivity index (χ4v) is 2.59. The maximum Gasteiger partial charge on any atom is 0.412 e. The number of ether oxygens (including phenoxy) is 1. The Morgan fingerprint density at radius 2 is 2.17 bits per heavy atom. The van der Waals surface area contributed by atoms with Crippen molar-refractivity contribution in [2.75, 3.05) is 12.3 Å². The normalized spacial score (nSPS) is 10.6. The van der Waals surface area contributed by atoms with E-state index >= 15 is 0 Å². The van der Waals surface area contributed by atoms with Gasteiger partial charge in [0.25, 0.3) is 0 Å².